The van der Waals surface area contributed by atoms with Gasteiger partial charge < -0.3 is 12.6 Å². The molecule has 0 N–H and O–H groups in total. The number of halogens is 2. The van der Waals surface area contributed by atoms with E-state index in [4.69, 9.17) is 18.6 Å². The van der Waals surface area contributed by atoms with Crippen LogP contribution in [0.25, 0.3) is 5.16 Å². The van der Waals surface area contributed by atoms with Crippen molar-refractivity contribution in [1.29, 1.82) is 0 Å². The Balaban J connectivity index is 0.000000516. The van der Waals surface area contributed by atoms with Gasteiger partial charge in [-0.1, -0.05) is 25.9 Å². The molecular weight excluding hydrogens is 464 g/mol. The van der Waals surface area contributed by atoms with Gasteiger partial charge in [0, 0.05) is 0 Å². The Morgan fingerprint density at radius 2 is 1.00 bits per heavy atom. The summed E-state index contributed by atoms with van der Waals surface area (Å²) in [6.07, 6.45) is 21.6. The molecule has 0 heterocycles. The second-order valence-corrected chi connectivity index (χ2v) is 18.7. The minimum atomic E-state index is -1.88. The van der Waals surface area contributed by atoms with Crippen molar-refractivity contribution in [3.8, 4) is 0 Å². The van der Waals surface area contributed by atoms with Gasteiger partial charge in [-0.15, -0.1) is 0 Å². The fourth-order valence-electron chi connectivity index (χ4n) is 10.4. The van der Waals surface area contributed by atoms with Crippen molar-refractivity contribution in [2.24, 2.45) is 35.5 Å². The standard InChI is InChI=1S/C24H39NP.CH3.2ClH.Ti/c1-2-3-4-26(25,23-11-17-5-18(12-23)7-19(6-17)13-23)24-14-20-8-21(15-24)10-22(9-20)16-24;;;;/h17-22H,2-16H2,1H3;1H3;2*1H;/q2*-1;;;+2/p-2. The third kappa shape index (κ3) is 3.90. The van der Waals surface area contributed by atoms with Crippen molar-refractivity contribution in [3.05, 3.63) is 12.6 Å². The molecule has 8 saturated carbocycles. The third-order valence-electron chi connectivity index (χ3n) is 10.4. The number of nitrogens with zero attached hydrogens (tertiary/aromatic N) is 1. The molecule has 0 aromatic rings. The Kier molecular flexibility index (Phi) is 7.63. The van der Waals surface area contributed by atoms with Crippen LogP contribution in [0.2, 0.25) is 0 Å². The van der Waals surface area contributed by atoms with E-state index in [1.165, 1.54) is 96.1 Å². The van der Waals surface area contributed by atoms with Crippen LogP contribution in [0.5, 0.6) is 0 Å². The molecule has 30 heavy (non-hydrogen) atoms. The fourth-order valence-corrected chi connectivity index (χ4v) is 16.5. The Labute approximate surface area is 203 Å². The zero-order chi connectivity index (χ0) is 20.3. The first kappa shape index (κ1) is 24.6. The number of hydrogen-bond acceptors (Lipinski definition) is 0. The summed E-state index contributed by atoms with van der Waals surface area (Å²) in [5.74, 6) is 5.94. The van der Waals surface area contributed by atoms with Gasteiger partial charge in [0.15, 0.2) is 0 Å². The maximum atomic E-state index is 13.0. The average molecular weight is 506 g/mol. The maximum absolute atomic E-state index is 13.0. The summed E-state index contributed by atoms with van der Waals surface area (Å²) in [6.45, 7) is 2.35. The van der Waals surface area contributed by atoms with Crippen LogP contribution in [0.3, 0.4) is 0 Å². The van der Waals surface area contributed by atoms with Crippen LogP contribution < -0.4 is 0 Å². The van der Waals surface area contributed by atoms with Crippen LogP contribution in [0.1, 0.15) is 96.8 Å². The molecule has 8 fully saturated rings. The van der Waals surface area contributed by atoms with E-state index < -0.39 is 24.1 Å². The van der Waals surface area contributed by atoms with E-state index in [-0.39, 0.29) is 7.43 Å². The van der Waals surface area contributed by atoms with Crippen molar-refractivity contribution in [3.63, 3.8) is 0 Å². The molecule has 172 valence electrons. The van der Waals surface area contributed by atoms with Gasteiger partial charge in [-0.05, 0) is 123 Å². The zero-order valence-electron chi connectivity index (χ0n) is 19.2. The second kappa shape index (κ2) is 9.29. The van der Waals surface area contributed by atoms with Crippen LogP contribution in [-0.2, 0) is 17.0 Å². The van der Waals surface area contributed by atoms with Crippen LogP contribution in [0.4, 0.5) is 0 Å². The predicted octanol–water partition coefficient (Wildman–Crippen LogP) is 9.32. The van der Waals surface area contributed by atoms with E-state index in [1.54, 1.807) is 0 Å². The van der Waals surface area contributed by atoms with Gasteiger partial charge in [-0.25, -0.2) is 7.05 Å². The molecule has 1 nitrogen and oxygen atoms in total. The monoisotopic (exact) mass is 505 g/mol. The van der Waals surface area contributed by atoms with Gasteiger partial charge in [0.2, 0.25) is 0 Å². The summed E-state index contributed by atoms with van der Waals surface area (Å²) in [5, 5.41) is 13.8. The van der Waals surface area contributed by atoms with Gasteiger partial charge >= 0.3 is 35.6 Å². The predicted molar refractivity (Wildman–Crippen MR) is 130 cm³/mol. The molecule has 8 bridgehead atoms. The van der Waals surface area contributed by atoms with Crippen molar-refractivity contribution in [2.75, 3.05) is 6.16 Å². The average Bonchev–Trinajstić information content (AvgIpc) is 2.64. The fraction of sp³-hybridized carbons (Fsp3) is 0.960. The summed E-state index contributed by atoms with van der Waals surface area (Å²) < 4.78 is 0. The minimum absolute atomic E-state index is 0. The van der Waals surface area contributed by atoms with Crippen molar-refractivity contribution >= 4 is 25.7 Å². The molecule has 8 rings (SSSR count). The molecule has 0 unspecified atom stereocenters. The first-order chi connectivity index (χ1) is 13.9. The molecular formula is C25H42Cl2NPTi-2. The van der Waals surface area contributed by atoms with E-state index >= 15 is 0 Å². The van der Waals surface area contributed by atoms with Gasteiger partial charge in [0.05, 0.1) is 0 Å². The molecule has 8 aliphatic carbocycles. The first-order valence-corrected chi connectivity index (χ1v) is 18.7. The summed E-state index contributed by atoms with van der Waals surface area (Å²) in [5.41, 5.74) is 0. The first-order valence-electron chi connectivity index (χ1n) is 12.5. The molecule has 0 aliphatic heterocycles. The molecule has 0 radical (unpaired) electrons. The topological polar surface area (TPSA) is 22.3 Å². The van der Waals surface area contributed by atoms with Crippen LogP contribution >= 0.6 is 25.7 Å². The molecule has 5 heteroatoms. The SMILES string of the molecule is CCCCP(=[N-])(C12CC3CC(CC(C3)C1)C2)C12CC3CC(CC(C3)C1)C2.[CH3-].[Cl][Ti][Cl]. The van der Waals surface area contributed by atoms with E-state index in [0.717, 1.165) is 35.5 Å². The van der Waals surface area contributed by atoms with Crippen LogP contribution in [0.15, 0.2) is 0 Å². The Morgan fingerprint density at radius 1 is 0.733 bits per heavy atom. The van der Waals surface area contributed by atoms with E-state index in [9.17, 15) is 5.16 Å². The van der Waals surface area contributed by atoms with Gasteiger partial charge in [-0.3, -0.25) is 0 Å². The van der Waals surface area contributed by atoms with Crippen LogP contribution in [-0.4, -0.2) is 16.5 Å². The van der Waals surface area contributed by atoms with Crippen LogP contribution in [0, 0.1) is 42.9 Å². The molecule has 0 spiro atoms. The van der Waals surface area contributed by atoms with E-state index in [0.29, 0.717) is 10.3 Å². The molecule has 0 atom stereocenters. The summed E-state index contributed by atoms with van der Waals surface area (Å²) >= 11 is -0.556. The quantitative estimate of drug-likeness (QED) is 0.201. The number of hydrogen-bond donors (Lipinski definition) is 0. The van der Waals surface area contributed by atoms with Gasteiger partial charge in [0.25, 0.3) is 0 Å². The molecule has 0 aromatic carbocycles. The Bertz CT molecular complexity index is 547. The van der Waals surface area contributed by atoms with Crippen molar-refractivity contribution < 1.29 is 17.0 Å². The third-order valence-corrected chi connectivity index (χ3v) is 15.6. The number of rotatable bonds is 5. The summed E-state index contributed by atoms with van der Waals surface area (Å²) in [4.78, 5) is 0. The van der Waals surface area contributed by atoms with Gasteiger partial charge in [0.1, 0.15) is 0 Å². The molecule has 0 amide bonds. The molecule has 0 aromatic heterocycles. The Hall–Kier alpha value is 1.52. The van der Waals surface area contributed by atoms with Gasteiger partial charge in [-0.2, -0.15) is 0 Å². The van der Waals surface area contributed by atoms with E-state index in [1.807, 2.05) is 0 Å². The zero-order valence-corrected chi connectivity index (χ0v) is 23.2. The Morgan fingerprint density at radius 3 is 1.23 bits per heavy atom. The summed E-state index contributed by atoms with van der Waals surface area (Å²) in [6, 6.07) is 0. The van der Waals surface area contributed by atoms with Crippen molar-refractivity contribution in [2.45, 2.75) is 107 Å². The number of unbranched alkanes of at least 4 members (excludes halogenated alkanes) is 1. The van der Waals surface area contributed by atoms with E-state index in [2.05, 4.69) is 6.92 Å². The summed E-state index contributed by atoms with van der Waals surface area (Å²) in [7, 11) is 7.89. The normalized spacial score (nSPS) is 49.0. The molecule has 8 aliphatic rings. The molecule has 0 saturated heterocycles. The van der Waals surface area contributed by atoms with Crippen molar-refractivity contribution in [1.82, 2.24) is 0 Å². The second-order valence-electron chi connectivity index (χ2n) is 12.2.